The predicted molar refractivity (Wildman–Crippen MR) is 72.7 cm³/mol. The minimum atomic E-state index is -0.327. The van der Waals surface area contributed by atoms with Gasteiger partial charge in [-0.3, -0.25) is 9.59 Å². The van der Waals surface area contributed by atoms with E-state index in [0.29, 0.717) is 26.1 Å². The second-order valence-electron chi connectivity index (χ2n) is 4.93. The van der Waals surface area contributed by atoms with Gasteiger partial charge in [0.1, 0.15) is 6.04 Å². The van der Waals surface area contributed by atoms with E-state index in [1.54, 1.807) is 0 Å². The third-order valence-electron chi connectivity index (χ3n) is 3.27. The summed E-state index contributed by atoms with van der Waals surface area (Å²) in [5, 5.41) is 8.73. The van der Waals surface area contributed by atoms with Gasteiger partial charge in [0.05, 0.1) is 12.7 Å². The van der Waals surface area contributed by atoms with Crippen LogP contribution < -0.4 is 16.0 Å². The van der Waals surface area contributed by atoms with E-state index in [1.807, 2.05) is 20.8 Å². The zero-order valence-corrected chi connectivity index (χ0v) is 12.0. The van der Waals surface area contributed by atoms with Crippen molar-refractivity contribution in [2.24, 2.45) is 0 Å². The standard InChI is InChI=1S/C13H25N3O3/c1-4-9(2)16-11(17)5-6-15-13(18)12-10(3)19-8-7-14-12/h9-10,12,14H,4-8H2,1-3H3,(H,15,18)(H,16,17)/t9?,10-,12+/m1/s1. The molecule has 1 aliphatic rings. The molecule has 0 saturated carbocycles. The number of hydrogen-bond donors (Lipinski definition) is 3. The third kappa shape index (κ3) is 5.57. The molecule has 1 heterocycles. The molecule has 0 aromatic rings. The number of ether oxygens (including phenoxy) is 1. The molecule has 3 atom stereocenters. The number of hydrogen-bond acceptors (Lipinski definition) is 4. The summed E-state index contributed by atoms with van der Waals surface area (Å²) in [5.74, 6) is -0.140. The van der Waals surface area contributed by atoms with Gasteiger partial charge in [-0.2, -0.15) is 0 Å². The molecule has 0 aromatic heterocycles. The second kappa shape index (κ2) is 8.12. The maximum Gasteiger partial charge on any atom is 0.239 e. The van der Waals surface area contributed by atoms with Crippen LogP contribution in [-0.2, 0) is 14.3 Å². The van der Waals surface area contributed by atoms with Crippen molar-refractivity contribution >= 4 is 11.8 Å². The van der Waals surface area contributed by atoms with E-state index in [9.17, 15) is 9.59 Å². The minimum absolute atomic E-state index is 0.0319. The Morgan fingerprint density at radius 3 is 2.84 bits per heavy atom. The first kappa shape index (κ1) is 15.9. The lowest BCUT2D eigenvalue weighted by Crippen LogP contribution is -2.55. The van der Waals surface area contributed by atoms with Gasteiger partial charge in [0, 0.05) is 25.6 Å². The number of amides is 2. The van der Waals surface area contributed by atoms with Crippen molar-refractivity contribution < 1.29 is 14.3 Å². The van der Waals surface area contributed by atoms with Crippen molar-refractivity contribution in [3.8, 4) is 0 Å². The SMILES string of the molecule is CCC(C)NC(=O)CCNC(=O)[C@H]1NCCO[C@@H]1C. The molecule has 110 valence electrons. The van der Waals surface area contributed by atoms with Crippen molar-refractivity contribution in [3.05, 3.63) is 0 Å². The summed E-state index contributed by atoms with van der Waals surface area (Å²) in [4.78, 5) is 23.4. The van der Waals surface area contributed by atoms with E-state index in [2.05, 4.69) is 16.0 Å². The lowest BCUT2D eigenvalue weighted by molar-refractivity contribution is -0.129. The lowest BCUT2D eigenvalue weighted by atomic mass is 10.1. The van der Waals surface area contributed by atoms with Gasteiger partial charge in [-0.1, -0.05) is 6.92 Å². The number of rotatable bonds is 6. The molecule has 1 saturated heterocycles. The highest BCUT2D eigenvalue weighted by molar-refractivity contribution is 5.83. The summed E-state index contributed by atoms with van der Waals surface area (Å²) in [5.41, 5.74) is 0. The smallest absolute Gasteiger partial charge is 0.239 e. The van der Waals surface area contributed by atoms with Crippen molar-refractivity contribution in [2.75, 3.05) is 19.7 Å². The quantitative estimate of drug-likeness (QED) is 0.624. The van der Waals surface area contributed by atoms with E-state index in [1.165, 1.54) is 0 Å². The van der Waals surface area contributed by atoms with Crippen LogP contribution in [0.2, 0.25) is 0 Å². The molecule has 1 rings (SSSR count). The fourth-order valence-corrected chi connectivity index (χ4v) is 1.89. The Labute approximate surface area is 114 Å². The average molecular weight is 271 g/mol. The van der Waals surface area contributed by atoms with Gasteiger partial charge in [-0.25, -0.2) is 0 Å². The van der Waals surface area contributed by atoms with E-state index in [-0.39, 0.29) is 30.0 Å². The Bertz CT molecular complexity index is 310. The lowest BCUT2D eigenvalue weighted by Gasteiger charge is -2.29. The monoisotopic (exact) mass is 271 g/mol. The van der Waals surface area contributed by atoms with Crippen LogP contribution in [0, 0.1) is 0 Å². The summed E-state index contributed by atoms with van der Waals surface area (Å²) < 4.78 is 5.40. The van der Waals surface area contributed by atoms with Crippen LogP contribution in [0.3, 0.4) is 0 Å². The molecule has 0 bridgehead atoms. The molecule has 1 fully saturated rings. The Kier molecular flexibility index (Phi) is 6.80. The third-order valence-corrected chi connectivity index (χ3v) is 3.27. The van der Waals surface area contributed by atoms with E-state index < -0.39 is 0 Å². The number of carbonyl (C=O) groups is 2. The fourth-order valence-electron chi connectivity index (χ4n) is 1.89. The van der Waals surface area contributed by atoms with E-state index in [4.69, 9.17) is 4.74 Å². The summed E-state index contributed by atoms with van der Waals surface area (Å²) in [6, 6.07) is -0.150. The highest BCUT2D eigenvalue weighted by Crippen LogP contribution is 2.03. The molecule has 1 aliphatic heterocycles. The fraction of sp³-hybridized carbons (Fsp3) is 0.846. The normalized spacial score (nSPS) is 24.6. The number of nitrogens with one attached hydrogen (secondary N) is 3. The number of morpholine rings is 1. The molecular weight excluding hydrogens is 246 g/mol. The van der Waals surface area contributed by atoms with Crippen LogP contribution in [0.1, 0.15) is 33.6 Å². The molecule has 3 N–H and O–H groups in total. The zero-order chi connectivity index (χ0) is 14.3. The molecular formula is C13H25N3O3. The first-order chi connectivity index (χ1) is 9.04. The van der Waals surface area contributed by atoms with Crippen LogP contribution in [0.25, 0.3) is 0 Å². The van der Waals surface area contributed by atoms with Gasteiger partial charge >= 0.3 is 0 Å². The molecule has 6 nitrogen and oxygen atoms in total. The Morgan fingerprint density at radius 2 is 2.21 bits per heavy atom. The maximum atomic E-state index is 11.9. The molecule has 0 aromatic carbocycles. The summed E-state index contributed by atoms with van der Waals surface area (Å²) in [6.07, 6.45) is 1.07. The average Bonchev–Trinajstić information content (AvgIpc) is 2.38. The summed E-state index contributed by atoms with van der Waals surface area (Å²) >= 11 is 0. The van der Waals surface area contributed by atoms with Gasteiger partial charge in [-0.05, 0) is 20.3 Å². The zero-order valence-electron chi connectivity index (χ0n) is 12.0. The van der Waals surface area contributed by atoms with E-state index in [0.717, 1.165) is 6.42 Å². The maximum absolute atomic E-state index is 11.9. The topological polar surface area (TPSA) is 79.5 Å². The van der Waals surface area contributed by atoms with Gasteiger partial charge in [-0.15, -0.1) is 0 Å². The van der Waals surface area contributed by atoms with Crippen molar-refractivity contribution in [3.63, 3.8) is 0 Å². The first-order valence-electron chi connectivity index (χ1n) is 6.96. The van der Waals surface area contributed by atoms with Crippen LogP contribution in [0.15, 0.2) is 0 Å². The number of carbonyl (C=O) groups excluding carboxylic acids is 2. The van der Waals surface area contributed by atoms with Crippen molar-refractivity contribution in [1.82, 2.24) is 16.0 Å². The van der Waals surface area contributed by atoms with Crippen LogP contribution in [0.4, 0.5) is 0 Å². The molecule has 0 radical (unpaired) electrons. The molecule has 6 heteroatoms. The minimum Gasteiger partial charge on any atom is -0.375 e. The Hall–Kier alpha value is -1.14. The van der Waals surface area contributed by atoms with Crippen molar-refractivity contribution in [2.45, 2.75) is 51.8 Å². The van der Waals surface area contributed by atoms with Gasteiger partial charge in [0.15, 0.2) is 0 Å². The largest absolute Gasteiger partial charge is 0.375 e. The Morgan fingerprint density at radius 1 is 1.47 bits per heavy atom. The Balaban J connectivity index is 2.21. The molecule has 0 aliphatic carbocycles. The molecule has 1 unspecified atom stereocenters. The van der Waals surface area contributed by atoms with Crippen LogP contribution in [-0.4, -0.2) is 49.7 Å². The highest BCUT2D eigenvalue weighted by atomic mass is 16.5. The highest BCUT2D eigenvalue weighted by Gasteiger charge is 2.27. The summed E-state index contributed by atoms with van der Waals surface area (Å²) in [6.45, 7) is 7.50. The summed E-state index contributed by atoms with van der Waals surface area (Å²) in [7, 11) is 0. The van der Waals surface area contributed by atoms with Gasteiger partial charge in [0.25, 0.3) is 0 Å². The second-order valence-corrected chi connectivity index (χ2v) is 4.93. The van der Waals surface area contributed by atoms with Crippen LogP contribution in [0.5, 0.6) is 0 Å². The molecule has 2 amide bonds. The van der Waals surface area contributed by atoms with Gasteiger partial charge < -0.3 is 20.7 Å². The predicted octanol–water partition coefficient (Wildman–Crippen LogP) is -0.216. The first-order valence-corrected chi connectivity index (χ1v) is 6.96. The van der Waals surface area contributed by atoms with Crippen LogP contribution >= 0.6 is 0 Å². The van der Waals surface area contributed by atoms with E-state index >= 15 is 0 Å². The molecule has 0 spiro atoms. The molecule has 19 heavy (non-hydrogen) atoms. The van der Waals surface area contributed by atoms with Crippen molar-refractivity contribution in [1.29, 1.82) is 0 Å². The van der Waals surface area contributed by atoms with Gasteiger partial charge in [0.2, 0.25) is 11.8 Å².